The van der Waals surface area contributed by atoms with E-state index >= 15 is 0 Å². The van der Waals surface area contributed by atoms with Gasteiger partial charge in [0.1, 0.15) is 5.82 Å². The average Bonchev–Trinajstić information content (AvgIpc) is 3.32. The SMILES string of the molecule is CNc1nc(Nc2ccc3c(ccn3C)c2)nc2c1CCC2c1ccccc1. The quantitative estimate of drug-likeness (QED) is 0.541. The zero-order valence-electron chi connectivity index (χ0n) is 16.1. The van der Waals surface area contributed by atoms with Crippen molar-refractivity contribution in [2.45, 2.75) is 18.8 Å². The van der Waals surface area contributed by atoms with Crippen LogP contribution in [0.15, 0.2) is 60.8 Å². The minimum atomic E-state index is 0.323. The first kappa shape index (κ1) is 16.8. The van der Waals surface area contributed by atoms with Gasteiger partial charge in [0.2, 0.25) is 5.95 Å². The van der Waals surface area contributed by atoms with Crippen LogP contribution in [0.4, 0.5) is 17.5 Å². The molecule has 0 spiro atoms. The van der Waals surface area contributed by atoms with Crippen molar-refractivity contribution < 1.29 is 0 Å². The summed E-state index contributed by atoms with van der Waals surface area (Å²) in [6.07, 6.45) is 4.15. The molecule has 0 fully saturated rings. The second kappa shape index (κ2) is 6.68. The van der Waals surface area contributed by atoms with Crippen molar-refractivity contribution in [1.29, 1.82) is 0 Å². The van der Waals surface area contributed by atoms with E-state index in [1.165, 1.54) is 22.0 Å². The molecule has 0 bridgehead atoms. The van der Waals surface area contributed by atoms with Crippen LogP contribution in [-0.4, -0.2) is 21.6 Å². The molecule has 1 aliphatic carbocycles. The Kier molecular flexibility index (Phi) is 4.01. The number of benzene rings is 2. The van der Waals surface area contributed by atoms with Gasteiger partial charge in [0, 0.05) is 48.4 Å². The molecule has 5 heteroatoms. The lowest BCUT2D eigenvalue weighted by molar-refractivity contribution is 0.772. The van der Waals surface area contributed by atoms with Crippen LogP contribution in [0, 0.1) is 0 Å². The predicted octanol–water partition coefficient (Wildman–Crippen LogP) is 4.83. The lowest BCUT2D eigenvalue weighted by Gasteiger charge is -2.15. The van der Waals surface area contributed by atoms with Crippen molar-refractivity contribution in [3.05, 3.63) is 77.6 Å². The van der Waals surface area contributed by atoms with Gasteiger partial charge in [0.25, 0.3) is 0 Å². The molecular formula is C23H23N5. The van der Waals surface area contributed by atoms with Crippen LogP contribution >= 0.6 is 0 Å². The van der Waals surface area contributed by atoms with E-state index in [2.05, 4.69) is 83.0 Å². The van der Waals surface area contributed by atoms with Gasteiger partial charge in [0.05, 0.1) is 5.69 Å². The molecule has 2 N–H and O–H groups in total. The van der Waals surface area contributed by atoms with E-state index in [0.717, 1.165) is 30.0 Å². The molecule has 28 heavy (non-hydrogen) atoms. The van der Waals surface area contributed by atoms with E-state index in [1.54, 1.807) is 0 Å². The molecule has 1 aliphatic rings. The fourth-order valence-electron chi connectivity index (χ4n) is 4.22. The van der Waals surface area contributed by atoms with Gasteiger partial charge in [-0.25, -0.2) is 4.98 Å². The second-order valence-electron chi connectivity index (χ2n) is 7.34. The van der Waals surface area contributed by atoms with Crippen molar-refractivity contribution in [3.8, 4) is 0 Å². The van der Waals surface area contributed by atoms with Crippen molar-refractivity contribution in [1.82, 2.24) is 14.5 Å². The molecular weight excluding hydrogens is 346 g/mol. The van der Waals surface area contributed by atoms with Crippen LogP contribution in [0.3, 0.4) is 0 Å². The van der Waals surface area contributed by atoms with Crippen molar-refractivity contribution in [2.24, 2.45) is 7.05 Å². The lowest BCUT2D eigenvalue weighted by Crippen LogP contribution is -2.07. The topological polar surface area (TPSA) is 54.8 Å². The van der Waals surface area contributed by atoms with Gasteiger partial charge < -0.3 is 15.2 Å². The molecule has 2 aromatic carbocycles. The first-order valence-electron chi connectivity index (χ1n) is 9.68. The molecule has 2 aromatic heterocycles. The fraction of sp³-hybridized carbons (Fsp3) is 0.217. The van der Waals surface area contributed by atoms with E-state index in [0.29, 0.717) is 11.9 Å². The highest BCUT2D eigenvalue weighted by Crippen LogP contribution is 2.40. The number of nitrogens with zero attached hydrogens (tertiary/aromatic N) is 3. The molecule has 0 amide bonds. The highest BCUT2D eigenvalue weighted by Gasteiger charge is 2.29. The third-order valence-corrected chi connectivity index (χ3v) is 5.63. The number of hydrogen-bond donors (Lipinski definition) is 2. The number of rotatable bonds is 4. The van der Waals surface area contributed by atoms with Crippen LogP contribution in [0.25, 0.3) is 10.9 Å². The van der Waals surface area contributed by atoms with E-state index in [-0.39, 0.29) is 0 Å². The summed E-state index contributed by atoms with van der Waals surface area (Å²) in [6, 6.07) is 19.1. The van der Waals surface area contributed by atoms with Gasteiger partial charge in [-0.3, -0.25) is 0 Å². The maximum Gasteiger partial charge on any atom is 0.229 e. The third kappa shape index (κ3) is 2.80. The summed E-state index contributed by atoms with van der Waals surface area (Å²) >= 11 is 0. The normalized spacial score (nSPS) is 15.6. The summed E-state index contributed by atoms with van der Waals surface area (Å²) in [5.74, 6) is 1.89. The Hall–Kier alpha value is -3.34. The van der Waals surface area contributed by atoms with Crippen LogP contribution in [0.5, 0.6) is 0 Å². The number of nitrogens with one attached hydrogen (secondary N) is 2. The second-order valence-corrected chi connectivity index (χ2v) is 7.34. The Morgan fingerprint density at radius 1 is 1.04 bits per heavy atom. The average molecular weight is 369 g/mol. The molecule has 0 saturated heterocycles. The zero-order valence-corrected chi connectivity index (χ0v) is 16.1. The molecule has 0 radical (unpaired) electrons. The van der Waals surface area contributed by atoms with Gasteiger partial charge in [-0.05, 0) is 42.7 Å². The Labute approximate surface area is 164 Å². The molecule has 1 unspecified atom stereocenters. The molecule has 5 nitrogen and oxygen atoms in total. The highest BCUT2D eigenvalue weighted by molar-refractivity contribution is 5.84. The molecule has 0 saturated carbocycles. The zero-order chi connectivity index (χ0) is 19.1. The van der Waals surface area contributed by atoms with Gasteiger partial charge in [-0.2, -0.15) is 4.98 Å². The summed E-state index contributed by atoms with van der Waals surface area (Å²) in [7, 11) is 3.99. The van der Waals surface area contributed by atoms with Gasteiger partial charge in [0.15, 0.2) is 0 Å². The molecule has 5 rings (SSSR count). The van der Waals surface area contributed by atoms with E-state index in [9.17, 15) is 0 Å². The minimum Gasteiger partial charge on any atom is -0.373 e. The van der Waals surface area contributed by atoms with E-state index in [4.69, 9.17) is 9.97 Å². The minimum absolute atomic E-state index is 0.323. The fourth-order valence-corrected chi connectivity index (χ4v) is 4.22. The van der Waals surface area contributed by atoms with Gasteiger partial charge in [-0.15, -0.1) is 0 Å². The van der Waals surface area contributed by atoms with E-state index < -0.39 is 0 Å². The summed E-state index contributed by atoms with van der Waals surface area (Å²) in [5.41, 5.74) is 5.89. The molecule has 4 aromatic rings. The molecule has 1 atom stereocenters. The highest BCUT2D eigenvalue weighted by atomic mass is 15.1. The monoisotopic (exact) mass is 369 g/mol. The first-order valence-corrected chi connectivity index (χ1v) is 9.68. The predicted molar refractivity (Wildman–Crippen MR) is 114 cm³/mol. The summed E-state index contributed by atoms with van der Waals surface area (Å²) in [4.78, 5) is 9.67. The van der Waals surface area contributed by atoms with Crippen molar-refractivity contribution >= 4 is 28.4 Å². The van der Waals surface area contributed by atoms with Gasteiger partial charge >= 0.3 is 0 Å². The maximum atomic E-state index is 4.93. The largest absolute Gasteiger partial charge is 0.373 e. The number of aryl methyl sites for hydroxylation is 1. The third-order valence-electron chi connectivity index (χ3n) is 5.63. The summed E-state index contributed by atoms with van der Waals surface area (Å²) in [5, 5.41) is 7.87. The molecule has 0 aliphatic heterocycles. The maximum absolute atomic E-state index is 4.93. The Morgan fingerprint density at radius 2 is 1.89 bits per heavy atom. The van der Waals surface area contributed by atoms with Crippen molar-refractivity contribution in [3.63, 3.8) is 0 Å². The van der Waals surface area contributed by atoms with Crippen molar-refractivity contribution in [2.75, 3.05) is 17.7 Å². The molecule has 140 valence electrons. The number of fused-ring (bicyclic) bond motifs is 2. The lowest BCUT2D eigenvalue weighted by atomic mass is 9.97. The Morgan fingerprint density at radius 3 is 2.71 bits per heavy atom. The smallest absolute Gasteiger partial charge is 0.229 e. The number of anilines is 3. The van der Waals surface area contributed by atoms with E-state index in [1.807, 2.05) is 7.05 Å². The van der Waals surface area contributed by atoms with Crippen LogP contribution in [0.2, 0.25) is 0 Å². The van der Waals surface area contributed by atoms with Crippen LogP contribution < -0.4 is 10.6 Å². The molecule has 2 heterocycles. The summed E-state index contributed by atoms with van der Waals surface area (Å²) in [6.45, 7) is 0. The number of aromatic nitrogens is 3. The Bertz CT molecular complexity index is 1150. The first-order chi connectivity index (χ1) is 13.7. The standard InChI is InChI=1S/C23H23N5/c1-24-22-19-10-9-18(15-6-4-3-5-7-15)21(19)26-23(27-22)25-17-8-11-20-16(14-17)12-13-28(20)2/h3-8,11-14,18H,9-10H2,1-2H3,(H2,24,25,26,27). The summed E-state index contributed by atoms with van der Waals surface area (Å²) < 4.78 is 2.12. The van der Waals surface area contributed by atoms with Gasteiger partial charge in [-0.1, -0.05) is 30.3 Å². The number of hydrogen-bond acceptors (Lipinski definition) is 4. The van der Waals surface area contributed by atoms with Crippen LogP contribution in [0.1, 0.15) is 29.2 Å². The Balaban J connectivity index is 1.53. The van der Waals surface area contributed by atoms with Crippen LogP contribution in [-0.2, 0) is 13.5 Å².